The van der Waals surface area contributed by atoms with Gasteiger partial charge in [-0.25, -0.2) is 0 Å². The van der Waals surface area contributed by atoms with E-state index in [2.05, 4.69) is 199 Å². The summed E-state index contributed by atoms with van der Waals surface area (Å²) in [6, 6.07) is 70.8. The first-order valence-corrected chi connectivity index (χ1v) is 17.2. The van der Waals surface area contributed by atoms with Crippen molar-refractivity contribution in [1.82, 2.24) is 4.57 Å². The standard InChI is InChI=1S/C49H32N2/c50-33-46-41(40-21-12-20-37(30-40)34-14-4-1-5-15-34)23-13-24-42(46)43-22-10-11-25-47(43)51-48-28-26-38(35-16-6-2-7-17-35)31-44(48)45-32-39(27-29-49(45)51)36-18-8-3-9-19-36/h1-32H. The zero-order valence-corrected chi connectivity index (χ0v) is 27.9. The molecule has 0 saturated heterocycles. The van der Waals surface area contributed by atoms with E-state index < -0.39 is 0 Å². The lowest BCUT2D eigenvalue weighted by Crippen LogP contribution is -1.99. The maximum absolute atomic E-state index is 10.8. The first-order chi connectivity index (χ1) is 25.3. The molecule has 1 aromatic heterocycles. The smallest absolute Gasteiger partial charge is 0.100 e. The van der Waals surface area contributed by atoms with Crippen LogP contribution < -0.4 is 0 Å². The molecular weight excluding hydrogens is 617 g/mol. The number of benzene rings is 8. The molecular formula is C49H32N2. The Kier molecular flexibility index (Phi) is 7.58. The van der Waals surface area contributed by atoms with E-state index in [1.807, 2.05) is 6.07 Å². The number of rotatable bonds is 6. The Bertz CT molecular complexity index is 2640. The molecule has 0 bridgehead atoms. The summed E-state index contributed by atoms with van der Waals surface area (Å²) >= 11 is 0. The molecule has 0 N–H and O–H groups in total. The highest BCUT2D eigenvalue weighted by Gasteiger charge is 2.20. The van der Waals surface area contributed by atoms with Crippen molar-refractivity contribution in [3.63, 3.8) is 0 Å². The Morgan fingerprint density at radius 2 is 0.765 bits per heavy atom. The summed E-state index contributed by atoms with van der Waals surface area (Å²) in [5.74, 6) is 0. The Balaban J connectivity index is 1.26. The van der Waals surface area contributed by atoms with Gasteiger partial charge in [0.05, 0.1) is 22.3 Å². The third-order valence-corrected chi connectivity index (χ3v) is 9.87. The minimum absolute atomic E-state index is 0.661. The zero-order chi connectivity index (χ0) is 34.1. The molecule has 0 spiro atoms. The maximum atomic E-state index is 10.8. The van der Waals surface area contributed by atoms with Crippen molar-refractivity contribution in [3.05, 3.63) is 200 Å². The fourth-order valence-electron chi connectivity index (χ4n) is 7.43. The van der Waals surface area contributed by atoms with Gasteiger partial charge in [-0.3, -0.25) is 0 Å². The average molecular weight is 649 g/mol. The normalized spacial score (nSPS) is 11.1. The molecule has 0 aliphatic rings. The van der Waals surface area contributed by atoms with Gasteiger partial charge >= 0.3 is 0 Å². The highest BCUT2D eigenvalue weighted by molar-refractivity contribution is 6.12. The van der Waals surface area contributed by atoms with Crippen LogP contribution in [-0.4, -0.2) is 4.57 Å². The van der Waals surface area contributed by atoms with E-state index in [1.165, 1.54) is 33.0 Å². The van der Waals surface area contributed by atoms with Gasteiger partial charge in [-0.05, 0) is 75.3 Å². The zero-order valence-electron chi connectivity index (χ0n) is 27.9. The molecule has 238 valence electrons. The molecule has 2 nitrogen and oxygen atoms in total. The van der Waals surface area contributed by atoms with Crippen LogP contribution in [0.2, 0.25) is 0 Å². The van der Waals surface area contributed by atoms with Crippen molar-refractivity contribution < 1.29 is 0 Å². The lowest BCUT2D eigenvalue weighted by atomic mass is 9.90. The van der Waals surface area contributed by atoms with Crippen molar-refractivity contribution in [3.8, 4) is 67.4 Å². The monoisotopic (exact) mass is 648 g/mol. The van der Waals surface area contributed by atoms with Crippen LogP contribution in [0.5, 0.6) is 0 Å². The highest BCUT2D eigenvalue weighted by Crippen LogP contribution is 2.41. The Hall–Kier alpha value is -6.95. The molecule has 9 rings (SSSR count). The fraction of sp³-hybridized carbons (Fsp3) is 0. The largest absolute Gasteiger partial charge is 0.309 e. The van der Waals surface area contributed by atoms with Crippen LogP contribution in [0.15, 0.2) is 194 Å². The number of hydrogen-bond acceptors (Lipinski definition) is 1. The summed E-state index contributed by atoms with van der Waals surface area (Å²) in [6.45, 7) is 0. The van der Waals surface area contributed by atoms with Crippen molar-refractivity contribution in [2.24, 2.45) is 0 Å². The third-order valence-electron chi connectivity index (χ3n) is 9.87. The van der Waals surface area contributed by atoms with Gasteiger partial charge in [0.2, 0.25) is 0 Å². The van der Waals surface area contributed by atoms with Gasteiger partial charge in [0.15, 0.2) is 0 Å². The van der Waals surface area contributed by atoms with Crippen molar-refractivity contribution in [2.45, 2.75) is 0 Å². The van der Waals surface area contributed by atoms with Crippen LogP contribution in [-0.2, 0) is 0 Å². The number of hydrogen-bond donors (Lipinski definition) is 0. The molecule has 0 amide bonds. The predicted molar refractivity (Wildman–Crippen MR) is 213 cm³/mol. The molecule has 9 aromatic rings. The molecule has 0 saturated carbocycles. The number of nitriles is 1. The van der Waals surface area contributed by atoms with Crippen LogP contribution >= 0.6 is 0 Å². The molecule has 0 fully saturated rings. The van der Waals surface area contributed by atoms with E-state index in [-0.39, 0.29) is 0 Å². The van der Waals surface area contributed by atoms with Crippen molar-refractivity contribution >= 4 is 21.8 Å². The summed E-state index contributed by atoms with van der Waals surface area (Å²) < 4.78 is 2.37. The molecule has 8 aromatic carbocycles. The van der Waals surface area contributed by atoms with E-state index >= 15 is 0 Å². The van der Waals surface area contributed by atoms with E-state index in [0.717, 1.165) is 50.1 Å². The Labute approximate surface area is 297 Å². The van der Waals surface area contributed by atoms with Crippen LogP contribution in [0.4, 0.5) is 0 Å². The van der Waals surface area contributed by atoms with E-state index in [1.54, 1.807) is 0 Å². The molecule has 0 atom stereocenters. The first-order valence-electron chi connectivity index (χ1n) is 17.2. The second-order valence-corrected chi connectivity index (χ2v) is 12.8. The Morgan fingerprint density at radius 3 is 1.33 bits per heavy atom. The van der Waals surface area contributed by atoms with Crippen LogP contribution in [0.25, 0.3) is 83.1 Å². The van der Waals surface area contributed by atoms with Gasteiger partial charge in [-0.2, -0.15) is 5.26 Å². The van der Waals surface area contributed by atoms with Gasteiger partial charge in [-0.1, -0.05) is 158 Å². The van der Waals surface area contributed by atoms with Crippen molar-refractivity contribution in [2.75, 3.05) is 0 Å². The number of nitrogens with zero attached hydrogens (tertiary/aromatic N) is 2. The lowest BCUT2D eigenvalue weighted by molar-refractivity contribution is 1.18. The SMILES string of the molecule is N#Cc1c(-c2cccc(-c3ccccc3)c2)cccc1-c1ccccc1-n1c2ccc(-c3ccccc3)cc2c2cc(-c3ccccc3)ccc21. The number of para-hydroxylation sites is 1. The molecule has 0 unspecified atom stereocenters. The lowest BCUT2D eigenvalue weighted by Gasteiger charge is -2.17. The fourth-order valence-corrected chi connectivity index (χ4v) is 7.43. The molecule has 0 aliphatic heterocycles. The van der Waals surface area contributed by atoms with Crippen molar-refractivity contribution in [1.29, 1.82) is 5.26 Å². The molecule has 0 aliphatic carbocycles. The molecule has 0 radical (unpaired) electrons. The van der Waals surface area contributed by atoms with Gasteiger partial charge in [-0.15, -0.1) is 0 Å². The van der Waals surface area contributed by atoms with Crippen LogP contribution in [0.1, 0.15) is 5.56 Å². The predicted octanol–water partition coefficient (Wildman–Crippen LogP) is 13.0. The van der Waals surface area contributed by atoms with E-state index in [4.69, 9.17) is 0 Å². The van der Waals surface area contributed by atoms with Crippen LogP contribution in [0.3, 0.4) is 0 Å². The topological polar surface area (TPSA) is 28.7 Å². The summed E-state index contributed by atoms with van der Waals surface area (Å²) in [6.07, 6.45) is 0. The molecule has 51 heavy (non-hydrogen) atoms. The highest BCUT2D eigenvalue weighted by atomic mass is 15.0. The summed E-state index contributed by atoms with van der Waals surface area (Å²) in [4.78, 5) is 0. The quantitative estimate of drug-likeness (QED) is 0.176. The maximum Gasteiger partial charge on any atom is 0.100 e. The van der Waals surface area contributed by atoms with Gasteiger partial charge in [0, 0.05) is 27.5 Å². The van der Waals surface area contributed by atoms with E-state index in [9.17, 15) is 5.26 Å². The summed E-state index contributed by atoms with van der Waals surface area (Å²) in [5.41, 5.74) is 14.8. The molecule has 1 heterocycles. The van der Waals surface area contributed by atoms with Gasteiger partial charge in [0.1, 0.15) is 6.07 Å². The van der Waals surface area contributed by atoms with E-state index in [0.29, 0.717) is 5.56 Å². The average Bonchev–Trinajstić information content (AvgIpc) is 3.54. The van der Waals surface area contributed by atoms with Gasteiger partial charge < -0.3 is 4.57 Å². The Morgan fingerprint density at radius 1 is 0.333 bits per heavy atom. The number of fused-ring (bicyclic) bond motifs is 3. The summed E-state index contributed by atoms with van der Waals surface area (Å²) in [7, 11) is 0. The number of aromatic nitrogens is 1. The minimum atomic E-state index is 0.661. The van der Waals surface area contributed by atoms with Gasteiger partial charge in [0.25, 0.3) is 0 Å². The second kappa shape index (κ2) is 12.8. The minimum Gasteiger partial charge on any atom is -0.309 e. The van der Waals surface area contributed by atoms with Crippen LogP contribution in [0, 0.1) is 11.3 Å². The molecule has 2 heteroatoms. The third kappa shape index (κ3) is 5.39. The second-order valence-electron chi connectivity index (χ2n) is 12.8. The summed E-state index contributed by atoms with van der Waals surface area (Å²) in [5, 5.41) is 13.2. The first kappa shape index (κ1) is 30.1.